The Labute approximate surface area is 196 Å². The number of fused-ring (bicyclic) bond motifs is 1. The van der Waals surface area contributed by atoms with Crippen LogP contribution in [0.25, 0.3) is 11.0 Å². The van der Waals surface area contributed by atoms with E-state index in [0.717, 1.165) is 42.2 Å². The van der Waals surface area contributed by atoms with Crippen LogP contribution in [0, 0.1) is 6.92 Å². The lowest BCUT2D eigenvalue weighted by Gasteiger charge is -2.38. The summed E-state index contributed by atoms with van der Waals surface area (Å²) in [5.74, 6) is 2.21. The van der Waals surface area contributed by atoms with E-state index in [2.05, 4.69) is 48.3 Å². The van der Waals surface area contributed by atoms with Crippen LogP contribution < -0.4 is 10.5 Å². The van der Waals surface area contributed by atoms with Crippen molar-refractivity contribution in [3.63, 3.8) is 0 Å². The highest BCUT2D eigenvalue weighted by Gasteiger charge is 2.26. The fraction of sp³-hybridized carbons (Fsp3) is 0.435. The van der Waals surface area contributed by atoms with Crippen molar-refractivity contribution in [2.45, 2.75) is 39.0 Å². The van der Waals surface area contributed by atoms with Crippen molar-refractivity contribution in [2.75, 3.05) is 33.0 Å². The molecule has 0 bridgehead atoms. The summed E-state index contributed by atoms with van der Waals surface area (Å²) >= 11 is 0. The van der Waals surface area contributed by atoms with E-state index in [1.165, 1.54) is 5.56 Å². The Hall–Kier alpha value is -3.57. The van der Waals surface area contributed by atoms with Gasteiger partial charge in [0, 0.05) is 45.7 Å². The molecular weight excluding hydrogens is 436 g/mol. The van der Waals surface area contributed by atoms with Gasteiger partial charge < -0.3 is 19.7 Å². The van der Waals surface area contributed by atoms with Gasteiger partial charge in [-0.15, -0.1) is 0 Å². The first-order valence-electron chi connectivity index (χ1n) is 11.2. The number of rotatable bonds is 9. The molecule has 1 aliphatic rings. The zero-order valence-corrected chi connectivity index (χ0v) is 19.6. The van der Waals surface area contributed by atoms with Crippen molar-refractivity contribution in [2.24, 2.45) is 0 Å². The van der Waals surface area contributed by atoms with Gasteiger partial charge in [-0.2, -0.15) is 10.1 Å². The third-order valence-electron chi connectivity index (χ3n) is 6.07. The quantitative estimate of drug-likeness (QED) is 0.391. The largest absolute Gasteiger partial charge is 0.496 e. The summed E-state index contributed by atoms with van der Waals surface area (Å²) in [5.41, 5.74) is 10.5. The maximum Gasteiger partial charge on any atom is 0.223 e. The van der Waals surface area contributed by atoms with Crippen molar-refractivity contribution < 1.29 is 14.0 Å². The summed E-state index contributed by atoms with van der Waals surface area (Å²) in [4.78, 5) is 15.5. The van der Waals surface area contributed by atoms with Crippen LogP contribution in [0.1, 0.15) is 28.5 Å². The second kappa shape index (κ2) is 9.35. The lowest BCUT2D eigenvalue weighted by molar-refractivity contribution is -0.0334. The van der Waals surface area contributed by atoms with Crippen molar-refractivity contribution in [1.29, 1.82) is 0 Å². The topological polar surface area (TPSA) is 130 Å². The number of hydrogen-bond donors (Lipinski definition) is 1. The first-order chi connectivity index (χ1) is 16.5. The number of likely N-dealkylation sites (tertiary alicyclic amines) is 1. The van der Waals surface area contributed by atoms with Crippen LogP contribution in [0.4, 0.5) is 5.95 Å². The number of methoxy groups -OCH3 is 2. The Morgan fingerprint density at radius 1 is 1.12 bits per heavy atom. The van der Waals surface area contributed by atoms with Crippen LogP contribution in [0.2, 0.25) is 0 Å². The second-order valence-electron chi connectivity index (χ2n) is 8.49. The number of aromatic nitrogens is 6. The fourth-order valence-electron chi connectivity index (χ4n) is 4.30. The molecule has 11 heteroatoms. The molecule has 1 saturated heterocycles. The summed E-state index contributed by atoms with van der Waals surface area (Å²) in [5, 5.41) is 8.54. The Bertz CT molecular complexity index is 1290. The molecule has 178 valence electrons. The molecule has 4 heterocycles. The molecule has 0 amide bonds. The van der Waals surface area contributed by atoms with Gasteiger partial charge in [0.05, 0.1) is 31.6 Å². The van der Waals surface area contributed by atoms with E-state index in [1.807, 2.05) is 4.68 Å². The van der Waals surface area contributed by atoms with Gasteiger partial charge in [-0.1, -0.05) is 17.3 Å². The molecule has 3 aromatic heterocycles. The molecule has 0 aliphatic carbocycles. The predicted molar refractivity (Wildman–Crippen MR) is 124 cm³/mol. The van der Waals surface area contributed by atoms with E-state index in [9.17, 15) is 0 Å². The van der Waals surface area contributed by atoms with E-state index >= 15 is 0 Å². The van der Waals surface area contributed by atoms with Crippen molar-refractivity contribution in [1.82, 2.24) is 34.8 Å². The Kier molecular flexibility index (Phi) is 6.12. The van der Waals surface area contributed by atoms with Crippen molar-refractivity contribution >= 4 is 17.0 Å². The number of hydrogen-bond acceptors (Lipinski definition) is 10. The smallest absolute Gasteiger partial charge is 0.223 e. The maximum atomic E-state index is 5.95. The minimum Gasteiger partial charge on any atom is -0.496 e. The Balaban J connectivity index is 1.37. The van der Waals surface area contributed by atoms with Crippen LogP contribution in [0.15, 0.2) is 28.9 Å². The highest BCUT2D eigenvalue weighted by Crippen LogP contribution is 2.26. The van der Waals surface area contributed by atoms with E-state index in [-0.39, 0.29) is 5.95 Å². The van der Waals surface area contributed by atoms with E-state index in [0.29, 0.717) is 42.7 Å². The summed E-state index contributed by atoms with van der Waals surface area (Å²) < 4.78 is 18.0. The zero-order chi connectivity index (χ0) is 23.7. The minimum atomic E-state index is 0.218. The Morgan fingerprint density at radius 3 is 2.71 bits per heavy atom. The van der Waals surface area contributed by atoms with Gasteiger partial charge >= 0.3 is 0 Å². The normalized spacial score (nSPS) is 14.6. The number of ether oxygens (including phenoxy) is 2. The van der Waals surface area contributed by atoms with Crippen molar-refractivity contribution in [3.05, 3.63) is 52.9 Å². The van der Waals surface area contributed by atoms with Gasteiger partial charge in [-0.3, -0.25) is 9.58 Å². The molecule has 1 fully saturated rings. The first kappa shape index (κ1) is 22.2. The lowest BCUT2D eigenvalue weighted by Crippen LogP contribution is -2.50. The third-order valence-corrected chi connectivity index (χ3v) is 6.07. The van der Waals surface area contributed by atoms with Crippen LogP contribution in [-0.4, -0.2) is 68.2 Å². The van der Waals surface area contributed by atoms with Crippen LogP contribution in [0.3, 0.4) is 0 Å². The first-order valence-corrected chi connectivity index (χ1v) is 11.2. The van der Waals surface area contributed by atoms with Gasteiger partial charge in [0.1, 0.15) is 16.8 Å². The molecule has 34 heavy (non-hydrogen) atoms. The average molecular weight is 465 g/mol. The maximum absolute atomic E-state index is 5.95. The standard InChI is InChI=1S/C23H28N8O3/c1-14-26-21(29-34-14)7-6-18-22-19(28-23(24)27-18)9-25-31(22)11-16-5-4-15(8-20(16)33-3)10-30-12-17(13-30)32-2/h4-5,8-9,17H,6-7,10-13H2,1-3H3,(H2,24,27,28). The molecule has 1 aliphatic heterocycles. The third kappa shape index (κ3) is 4.57. The number of nitrogens with zero attached hydrogens (tertiary/aromatic N) is 7. The Morgan fingerprint density at radius 2 is 1.97 bits per heavy atom. The molecule has 4 aromatic rings. The van der Waals surface area contributed by atoms with Gasteiger partial charge in [0.2, 0.25) is 11.8 Å². The molecular formula is C23H28N8O3. The fourth-order valence-corrected chi connectivity index (χ4v) is 4.30. The summed E-state index contributed by atoms with van der Waals surface area (Å²) in [6.45, 7) is 5.06. The van der Waals surface area contributed by atoms with Gasteiger partial charge in [-0.25, -0.2) is 9.97 Å². The number of nitrogens with two attached hydrogens (primary N) is 1. The van der Waals surface area contributed by atoms with Crippen LogP contribution >= 0.6 is 0 Å². The molecule has 0 spiro atoms. The SMILES string of the molecule is COc1cc(CN2CC(OC)C2)ccc1Cn1ncc2nc(N)nc(CCc3noc(C)n3)c21. The number of anilines is 1. The molecule has 0 radical (unpaired) electrons. The van der Waals surface area contributed by atoms with Gasteiger partial charge in [0.15, 0.2) is 5.82 Å². The highest BCUT2D eigenvalue weighted by atomic mass is 16.5. The molecule has 0 saturated carbocycles. The number of aryl methyl sites for hydroxylation is 3. The van der Waals surface area contributed by atoms with Gasteiger partial charge in [0.25, 0.3) is 0 Å². The molecule has 11 nitrogen and oxygen atoms in total. The molecule has 2 N–H and O–H groups in total. The monoisotopic (exact) mass is 464 g/mol. The number of benzene rings is 1. The molecule has 0 unspecified atom stereocenters. The van der Waals surface area contributed by atoms with Crippen molar-refractivity contribution in [3.8, 4) is 5.75 Å². The summed E-state index contributed by atoms with van der Waals surface area (Å²) in [7, 11) is 3.45. The minimum absolute atomic E-state index is 0.218. The second-order valence-corrected chi connectivity index (χ2v) is 8.49. The molecule has 1 aromatic carbocycles. The average Bonchev–Trinajstić information content (AvgIpc) is 3.40. The molecule has 5 rings (SSSR count). The van der Waals surface area contributed by atoms with E-state index in [4.69, 9.17) is 19.7 Å². The lowest BCUT2D eigenvalue weighted by atomic mass is 10.1. The summed E-state index contributed by atoms with van der Waals surface area (Å²) in [6, 6.07) is 6.32. The molecule has 0 atom stereocenters. The zero-order valence-electron chi connectivity index (χ0n) is 19.6. The number of nitrogen functional groups attached to an aromatic ring is 1. The highest BCUT2D eigenvalue weighted by molar-refractivity contribution is 5.78. The van der Waals surface area contributed by atoms with E-state index < -0.39 is 0 Å². The van der Waals surface area contributed by atoms with Crippen LogP contribution in [-0.2, 0) is 30.7 Å². The summed E-state index contributed by atoms with van der Waals surface area (Å²) in [6.07, 6.45) is 3.21. The van der Waals surface area contributed by atoms with Crippen LogP contribution in [0.5, 0.6) is 5.75 Å². The van der Waals surface area contributed by atoms with Gasteiger partial charge in [-0.05, 0) is 18.1 Å². The predicted octanol–water partition coefficient (Wildman–Crippen LogP) is 1.77. The van der Waals surface area contributed by atoms with E-state index in [1.54, 1.807) is 27.3 Å².